The Morgan fingerprint density at radius 1 is 1.15 bits per heavy atom. The first-order chi connectivity index (χ1) is 9.53. The Bertz CT molecular complexity index is 456. The molecule has 0 bridgehead atoms. The largest absolute Gasteiger partial charge is 0.461 e. The minimum atomic E-state index is -0.192. The molecule has 0 aromatic heterocycles. The SMILES string of the molecule is CC/C=C/C(C)(C)/C=C/COC(=O)Cc1ccccc1. The molecule has 0 fully saturated rings. The van der Waals surface area contributed by atoms with Gasteiger partial charge in [0.05, 0.1) is 6.42 Å². The summed E-state index contributed by atoms with van der Waals surface area (Å²) < 4.78 is 5.20. The molecule has 0 aliphatic carbocycles. The Balaban J connectivity index is 2.33. The Kier molecular flexibility index (Phi) is 6.78. The Morgan fingerprint density at radius 2 is 1.80 bits per heavy atom. The van der Waals surface area contributed by atoms with Gasteiger partial charge in [0.25, 0.3) is 0 Å². The van der Waals surface area contributed by atoms with Crippen molar-refractivity contribution in [1.29, 1.82) is 0 Å². The number of rotatable bonds is 7. The first-order valence-electron chi connectivity index (χ1n) is 7.08. The number of carbonyl (C=O) groups excluding carboxylic acids is 1. The van der Waals surface area contributed by atoms with E-state index in [1.165, 1.54) is 0 Å². The predicted octanol–water partition coefficient (Wildman–Crippen LogP) is 4.32. The van der Waals surface area contributed by atoms with E-state index >= 15 is 0 Å². The lowest BCUT2D eigenvalue weighted by molar-refractivity contribution is -0.141. The monoisotopic (exact) mass is 272 g/mol. The summed E-state index contributed by atoms with van der Waals surface area (Å²) in [5, 5.41) is 0. The number of hydrogen-bond acceptors (Lipinski definition) is 2. The number of hydrogen-bond donors (Lipinski definition) is 0. The molecule has 1 aromatic carbocycles. The Labute approximate surface area is 122 Å². The van der Waals surface area contributed by atoms with Crippen molar-refractivity contribution in [2.45, 2.75) is 33.6 Å². The van der Waals surface area contributed by atoms with Gasteiger partial charge in [0.2, 0.25) is 0 Å². The van der Waals surface area contributed by atoms with E-state index in [2.05, 4.69) is 39.0 Å². The normalized spacial score (nSPS) is 12.2. The average Bonchev–Trinajstić information content (AvgIpc) is 2.43. The zero-order chi connectivity index (χ0) is 14.8. The first-order valence-corrected chi connectivity index (χ1v) is 7.08. The molecule has 0 radical (unpaired) electrons. The van der Waals surface area contributed by atoms with Crippen molar-refractivity contribution in [3.63, 3.8) is 0 Å². The second-order valence-corrected chi connectivity index (χ2v) is 5.38. The summed E-state index contributed by atoms with van der Waals surface area (Å²) in [5.41, 5.74) is 0.981. The average molecular weight is 272 g/mol. The number of allylic oxidation sites excluding steroid dienone is 3. The molecule has 0 amide bonds. The maximum atomic E-state index is 11.6. The van der Waals surface area contributed by atoms with Crippen LogP contribution in [0.1, 0.15) is 32.8 Å². The molecular weight excluding hydrogens is 248 g/mol. The van der Waals surface area contributed by atoms with Crippen molar-refractivity contribution in [2.75, 3.05) is 6.61 Å². The maximum Gasteiger partial charge on any atom is 0.310 e. The topological polar surface area (TPSA) is 26.3 Å². The summed E-state index contributed by atoms with van der Waals surface area (Å²) in [4.78, 5) is 11.6. The van der Waals surface area contributed by atoms with E-state index < -0.39 is 0 Å². The van der Waals surface area contributed by atoms with Gasteiger partial charge < -0.3 is 4.74 Å². The van der Waals surface area contributed by atoms with Crippen molar-refractivity contribution in [3.8, 4) is 0 Å². The van der Waals surface area contributed by atoms with Gasteiger partial charge in [-0.05, 0) is 12.0 Å². The van der Waals surface area contributed by atoms with Crippen molar-refractivity contribution in [1.82, 2.24) is 0 Å². The molecule has 108 valence electrons. The van der Waals surface area contributed by atoms with Crippen LogP contribution in [-0.4, -0.2) is 12.6 Å². The van der Waals surface area contributed by atoms with Crippen LogP contribution in [-0.2, 0) is 16.0 Å². The van der Waals surface area contributed by atoms with Crippen LogP contribution in [0, 0.1) is 5.41 Å². The molecule has 0 saturated heterocycles. The van der Waals surface area contributed by atoms with E-state index in [1.807, 2.05) is 36.4 Å². The smallest absolute Gasteiger partial charge is 0.310 e. The lowest BCUT2D eigenvalue weighted by Crippen LogP contribution is -2.09. The van der Waals surface area contributed by atoms with Crippen molar-refractivity contribution in [2.24, 2.45) is 5.41 Å². The van der Waals surface area contributed by atoms with Gasteiger partial charge in [-0.1, -0.05) is 75.4 Å². The van der Waals surface area contributed by atoms with E-state index in [1.54, 1.807) is 0 Å². The quantitative estimate of drug-likeness (QED) is 0.546. The van der Waals surface area contributed by atoms with Crippen LogP contribution in [0.5, 0.6) is 0 Å². The highest BCUT2D eigenvalue weighted by Gasteiger charge is 2.08. The highest BCUT2D eigenvalue weighted by molar-refractivity contribution is 5.72. The lowest BCUT2D eigenvalue weighted by atomic mass is 9.92. The lowest BCUT2D eigenvalue weighted by Gasteiger charge is -2.14. The van der Waals surface area contributed by atoms with Crippen LogP contribution in [0.25, 0.3) is 0 Å². The van der Waals surface area contributed by atoms with E-state index in [4.69, 9.17) is 4.74 Å². The van der Waals surface area contributed by atoms with Crippen LogP contribution in [0.2, 0.25) is 0 Å². The van der Waals surface area contributed by atoms with Gasteiger partial charge in [-0.3, -0.25) is 4.79 Å². The van der Waals surface area contributed by atoms with Gasteiger partial charge in [0, 0.05) is 5.41 Å². The number of ether oxygens (including phenoxy) is 1. The number of esters is 1. The van der Waals surface area contributed by atoms with E-state index in [0.717, 1.165) is 12.0 Å². The molecule has 0 N–H and O–H groups in total. The molecule has 0 aliphatic rings. The molecule has 20 heavy (non-hydrogen) atoms. The molecule has 1 aromatic rings. The van der Waals surface area contributed by atoms with Gasteiger partial charge in [0.1, 0.15) is 6.61 Å². The zero-order valence-electron chi connectivity index (χ0n) is 12.6. The standard InChI is InChI=1S/C18H24O2/c1-4-5-12-18(2,3)13-9-14-20-17(19)15-16-10-7-6-8-11-16/h5-13H,4,14-15H2,1-3H3/b12-5+,13-9+. The third kappa shape index (κ3) is 6.93. The molecule has 0 saturated carbocycles. The van der Waals surface area contributed by atoms with Gasteiger partial charge in [0.15, 0.2) is 0 Å². The molecule has 0 spiro atoms. The molecular formula is C18H24O2. The molecule has 1 rings (SSSR count). The third-order valence-electron chi connectivity index (χ3n) is 2.86. The highest BCUT2D eigenvalue weighted by atomic mass is 16.5. The molecule has 2 heteroatoms. The molecule has 0 atom stereocenters. The van der Waals surface area contributed by atoms with Crippen molar-refractivity contribution in [3.05, 3.63) is 60.2 Å². The molecule has 0 heterocycles. The van der Waals surface area contributed by atoms with Gasteiger partial charge in [-0.25, -0.2) is 0 Å². The highest BCUT2D eigenvalue weighted by Crippen LogP contribution is 2.19. The zero-order valence-corrected chi connectivity index (χ0v) is 12.6. The predicted molar refractivity (Wildman–Crippen MR) is 83.5 cm³/mol. The fourth-order valence-corrected chi connectivity index (χ4v) is 1.78. The third-order valence-corrected chi connectivity index (χ3v) is 2.86. The van der Waals surface area contributed by atoms with Crippen LogP contribution < -0.4 is 0 Å². The van der Waals surface area contributed by atoms with Gasteiger partial charge in [-0.15, -0.1) is 0 Å². The van der Waals surface area contributed by atoms with Crippen LogP contribution in [0.4, 0.5) is 0 Å². The van der Waals surface area contributed by atoms with Crippen LogP contribution in [0.15, 0.2) is 54.6 Å². The summed E-state index contributed by atoms with van der Waals surface area (Å²) in [6.07, 6.45) is 9.63. The maximum absolute atomic E-state index is 11.6. The minimum absolute atomic E-state index is 0.00183. The number of benzene rings is 1. The van der Waals surface area contributed by atoms with Crippen molar-refractivity contribution < 1.29 is 9.53 Å². The summed E-state index contributed by atoms with van der Waals surface area (Å²) in [6.45, 7) is 6.69. The summed E-state index contributed by atoms with van der Waals surface area (Å²) in [5.74, 6) is -0.192. The van der Waals surface area contributed by atoms with Gasteiger partial charge >= 0.3 is 5.97 Å². The fraction of sp³-hybridized carbons (Fsp3) is 0.389. The summed E-state index contributed by atoms with van der Waals surface area (Å²) >= 11 is 0. The van der Waals surface area contributed by atoms with Crippen LogP contribution >= 0.6 is 0 Å². The molecule has 0 unspecified atom stereocenters. The second kappa shape index (κ2) is 8.36. The summed E-state index contributed by atoms with van der Waals surface area (Å²) in [6, 6.07) is 9.63. The Morgan fingerprint density at radius 3 is 2.45 bits per heavy atom. The summed E-state index contributed by atoms with van der Waals surface area (Å²) in [7, 11) is 0. The minimum Gasteiger partial charge on any atom is -0.461 e. The van der Waals surface area contributed by atoms with Crippen LogP contribution in [0.3, 0.4) is 0 Å². The molecule has 0 aliphatic heterocycles. The number of carbonyl (C=O) groups is 1. The van der Waals surface area contributed by atoms with Crippen molar-refractivity contribution >= 4 is 5.97 Å². The van der Waals surface area contributed by atoms with E-state index in [-0.39, 0.29) is 11.4 Å². The Hall–Kier alpha value is -1.83. The van der Waals surface area contributed by atoms with Gasteiger partial charge in [-0.2, -0.15) is 0 Å². The second-order valence-electron chi connectivity index (χ2n) is 5.38. The molecule has 2 nitrogen and oxygen atoms in total. The van der Waals surface area contributed by atoms with E-state index in [0.29, 0.717) is 13.0 Å². The fourth-order valence-electron chi connectivity index (χ4n) is 1.78. The first kappa shape index (κ1) is 16.2. The van der Waals surface area contributed by atoms with E-state index in [9.17, 15) is 4.79 Å².